The predicted octanol–water partition coefficient (Wildman–Crippen LogP) is 2.70. The van der Waals surface area contributed by atoms with Crippen LogP contribution in [0.1, 0.15) is 76.4 Å². The molecule has 2 aromatic rings. The molecule has 47 heavy (non-hydrogen) atoms. The van der Waals surface area contributed by atoms with E-state index < -0.39 is 86.8 Å². The van der Waals surface area contributed by atoms with Crippen LogP contribution < -0.4 is 16.0 Å². The standard InChI is InChI=1S/C33H48F2N4O7S/c1-6-10-25(11-7-2)47(45,46)19-28(39-32(43)26-12-8-9-13-36-26)33(44)38-27(16-22-14-23(34)17-24(35)15-22)30(41)29(40)21(5)31(42)37-18-20(3)4/h8-9,12-15,17,20-21,25,27-30,40-41H,6-7,10-11,16,18-19H2,1-5H3,(H,37,42)(H,38,44)(H,39,43)/t21-,27+,28?,29-,30-/m1/s1. The van der Waals surface area contributed by atoms with Crippen molar-refractivity contribution >= 4 is 27.6 Å². The average molecular weight is 683 g/mol. The Kier molecular flexibility index (Phi) is 15.8. The lowest BCUT2D eigenvalue weighted by atomic mass is 9.90. The molecule has 5 N–H and O–H groups in total. The average Bonchev–Trinajstić information content (AvgIpc) is 3.01. The first-order chi connectivity index (χ1) is 22.1. The Hall–Kier alpha value is -3.49. The SMILES string of the molecule is CCCC(CCC)S(=O)(=O)CC(NC(=O)c1ccccn1)C(=O)N[C@@H](Cc1cc(F)cc(F)c1)[C@@H](O)[C@H](O)[C@@H](C)C(=O)NCC(C)C. The molecular formula is C33H48F2N4O7S. The number of pyridine rings is 1. The summed E-state index contributed by atoms with van der Waals surface area (Å²) in [6.45, 7) is 9.09. The fourth-order valence-corrected chi connectivity index (χ4v) is 7.27. The van der Waals surface area contributed by atoms with E-state index in [1.165, 1.54) is 25.3 Å². The van der Waals surface area contributed by atoms with Crippen molar-refractivity contribution in [1.82, 2.24) is 20.9 Å². The molecule has 262 valence electrons. The molecule has 0 spiro atoms. The summed E-state index contributed by atoms with van der Waals surface area (Å²) in [6.07, 6.45) is -0.857. The van der Waals surface area contributed by atoms with E-state index in [0.717, 1.165) is 12.1 Å². The Morgan fingerprint density at radius 2 is 1.51 bits per heavy atom. The van der Waals surface area contributed by atoms with Gasteiger partial charge < -0.3 is 26.2 Å². The van der Waals surface area contributed by atoms with Crippen molar-refractivity contribution in [2.75, 3.05) is 12.3 Å². The number of amides is 3. The second-order valence-corrected chi connectivity index (χ2v) is 14.6. The molecule has 1 unspecified atom stereocenters. The van der Waals surface area contributed by atoms with E-state index in [4.69, 9.17) is 0 Å². The number of hydrogen-bond acceptors (Lipinski definition) is 8. The first kappa shape index (κ1) is 39.7. The van der Waals surface area contributed by atoms with Gasteiger partial charge in [0.15, 0.2) is 9.84 Å². The van der Waals surface area contributed by atoms with E-state index in [1.807, 2.05) is 27.7 Å². The Morgan fingerprint density at radius 3 is 2.04 bits per heavy atom. The van der Waals surface area contributed by atoms with Crippen LogP contribution in [0.3, 0.4) is 0 Å². The van der Waals surface area contributed by atoms with Gasteiger partial charge in [-0.15, -0.1) is 0 Å². The van der Waals surface area contributed by atoms with E-state index >= 15 is 0 Å². The molecule has 0 fully saturated rings. The smallest absolute Gasteiger partial charge is 0.270 e. The maximum absolute atomic E-state index is 14.1. The molecule has 0 aliphatic rings. The molecule has 0 aliphatic carbocycles. The predicted molar refractivity (Wildman–Crippen MR) is 174 cm³/mol. The van der Waals surface area contributed by atoms with Crippen LogP contribution in [-0.2, 0) is 25.8 Å². The number of nitrogens with zero attached hydrogens (tertiary/aromatic N) is 1. The molecule has 3 amide bonds. The van der Waals surface area contributed by atoms with Gasteiger partial charge in [0.05, 0.1) is 29.1 Å². The third kappa shape index (κ3) is 12.6. The van der Waals surface area contributed by atoms with Crippen molar-refractivity contribution in [3.05, 3.63) is 65.5 Å². The van der Waals surface area contributed by atoms with Crippen LogP contribution in [0.4, 0.5) is 8.78 Å². The van der Waals surface area contributed by atoms with E-state index in [-0.39, 0.29) is 17.2 Å². The number of hydrogen-bond donors (Lipinski definition) is 5. The Bertz CT molecular complexity index is 1400. The largest absolute Gasteiger partial charge is 0.390 e. The van der Waals surface area contributed by atoms with Gasteiger partial charge in [0, 0.05) is 18.8 Å². The van der Waals surface area contributed by atoms with Crippen LogP contribution in [-0.4, -0.2) is 83.2 Å². The zero-order valence-electron chi connectivity index (χ0n) is 27.6. The molecule has 0 saturated heterocycles. The third-order valence-corrected chi connectivity index (χ3v) is 10.0. The first-order valence-electron chi connectivity index (χ1n) is 15.9. The number of sulfone groups is 1. The number of benzene rings is 1. The number of nitrogens with one attached hydrogen (secondary N) is 3. The highest BCUT2D eigenvalue weighted by molar-refractivity contribution is 7.92. The summed E-state index contributed by atoms with van der Waals surface area (Å²) in [5.74, 6) is -6.13. The van der Waals surface area contributed by atoms with Crippen LogP contribution in [0.15, 0.2) is 42.6 Å². The Labute approximate surface area is 275 Å². The maximum atomic E-state index is 14.1. The summed E-state index contributed by atoms with van der Waals surface area (Å²) < 4.78 is 55.3. The monoisotopic (exact) mass is 682 g/mol. The lowest BCUT2D eigenvalue weighted by molar-refractivity contribution is -0.132. The highest BCUT2D eigenvalue weighted by Gasteiger charge is 2.38. The van der Waals surface area contributed by atoms with E-state index in [1.54, 1.807) is 6.07 Å². The number of aromatic nitrogens is 1. The second kappa shape index (κ2) is 18.7. The van der Waals surface area contributed by atoms with Crippen LogP contribution >= 0.6 is 0 Å². The van der Waals surface area contributed by atoms with Crippen LogP contribution in [0.2, 0.25) is 0 Å². The van der Waals surface area contributed by atoms with E-state index in [0.29, 0.717) is 38.3 Å². The summed E-state index contributed by atoms with van der Waals surface area (Å²) in [7, 11) is -3.96. The molecule has 0 saturated carbocycles. The van der Waals surface area contributed by atoms with Crippen LogP contribution in [0.5, 0.6) is 0 Å². The third-order valence-electron chi connectivity index (χ3n) is 7.73. The van der Waals surface area contributed by atoms with Crippen molar-refractivity contribution < 1.29 is 41.8 Å². The number of aliphatic hydroxyl groups excluding tert-OH is 2. The fraction of sp³-hybridized carbons (Fsp3) is 0.576. The van der Waals surface area contributed by atoms with Gasteiger partial charge in [0.25, 0.3) is 5.91 Å². The fourth-order valence-electron chi connectivity index (χ4n) is 5.11. The van der Waals surface area contributed by atoms with E-state index in [9.17, 15) is 41.8 Å². The van der Waals surface area contributed by atoms with Gasteiger partial charge in [-0.3, -0.25) is 19.4 Å². The van der Waals surface area contributed by atoms with Crippen molar-refractivity contribution in [2.45, 2.75) is 96.3 Å². The van der Waals surface area contributed by atoms with Crippen molar-refractivity contribution in [1.29, 1.82) is 0 Å². The normalized spacial score (nSPS) is 15.0. The maximum Gasteiger partial charge on any atom is 0.270 e. The van der Waals surface area contributed by atoms with Crippen molar-refractivity contribution in [2.24, 2.45) is 11.8 Å². The molecule has 1 aromatic carbocycles. The van der Waals surface area contributed by atoms with Gasteiger partial charge >= 0.3 is 0 Å². The van der Waals surface area contributed by atoms with Gasteiger partial charge in [0.2, 0.25) is 11.8 Å². The topological polar surface area (TPSA) is 175 Å². The molecule has 0 radical (unpaired) electrons. The van der Waals surface area contributed by atoms with Gasteiger partial charge in [-0.2, -0.15) is 0 Å². The van der Waals surface area contributed by atoms with Crippen molar-refractivity contribution in [3.63, 3.8) is 0 Å². The van der Waals surface area contributed by atoms with Gasteiger partial charge in [-0.05, 0) is 55.0 Å². The molecule has 5 atom stereocenters. The molecule has 1 aromatic heterocycles. The van der Waals surface area contributed by atoms with Gasteiger partial charge in [-0.1, -0.05) is 53.5 Å². The van der Waals surface area contributed by atoms with Gasteiger partial charge in [-0.25, -0.2) is 17.2 Å². The Balaban J connectivity index is 2.48. The highest BCUT2D eigenvalue weighted by Crippen LogP contribution is 2.19. The molecule has 0 bridgehead atoms. The minimum atomic E-state index is -3.96. The summed E-state index contributed by atoms with van der Waals surface area (Å²) in [6, 6.07) is 3.93. The lowest BCUT2D eigenvalue weighted by Gasteiger charge is -2.32. The lowest BCUT2D eigenvalue weighted by Crippen LogP contribution is -2.58. The number of carbonyl (C=O) groups is 3. The number of rotatable bonds is 19. The van der Waals surface area contributed by atoms with Gasteiger partial charge in [0.1, 0.15) is 29.5 Å². The molecule has 2 rings (SSSR count). The zero-order valence-corrected chi connectivity index (χ0v) is 28.4. The minimum Gasteiger partial charge on any atom is -0.390 e. The summed E-state index contributed by atoms with van der Waals surface area (Å²) >= 11 is 0. The zero-order chi connectivity index (χ0) is 35.3. The van der Waals surface area contributed by atoms with Crippen LogP contribution in [0, 0.1) is 23.5 Å². The first-order valence-corrected chi connectivity index (χ1v) is 17.6. The number of aliphatic hydroxyl groups is 2. The quantitative estimate of drug-likeness (QED) is 0.150. The Morgan fingerprint density at radius 1 is 0.894 bits per heavy atom. The number of halogens is 2. The highest BCUT2D eigenvalue weighted by atomic mass is 32.2. The van der Waals surface area contributed by atoms with E-state index in [2.05, 4.69) is 20.9 Å². The molecule has 0 aliphatic heterocycles. The molecular weight excluding hydrogens is 634 g/mol. The summed E-state index contributed by atoms with van der Waals surface area (Å²) in [5.41, 5.74) is -0.0755. The van der Waals surface area contributed by atoms with Crippen molar-refractivity contribution in [3.8, 4) is 0 Å². The molecule has 14 heteroatoms. The number of carbonyl (C=O) groups excluding carboxylic acids is 3. The summed E-state index contributed by atoms with van der Waals surface area (Å²) in [4.78, 5) is 43.5. The molecule has 1 heterocycles. The van der Waals surface area contributed by atoms with Crippen LogP contribution in [0.25, 0.3) is 0 Å². The molecule has 11 nitrogen and oxygen atoms in total. The summed E-state index contributed by atoms with van der Waals surface area (Å²) in [5, 5.41) is 29.1. The minimum absolute atomic E-state index is 0.00334. The second-order valence-electron chi connectivity index (χ2n) is 12.3.